The van der Waals surface area contributed by atoms with E-state index in [0.29, 0.717) is 22.8 Å². The Labute approximate surface area is 271 Å². The molecule has 0 bridgehead atoms. The molecule has 0 aromatic heterocycles. The van der Waals surface area contributed by atoms with Crippen molar-refractivity contribution in [2.24, 2.45) is 0 Å². The second-order valence-electron chi connectivity index (χ2n) is 10.1. The molecule has 9 nitrogen and oxygen atoms in total. The van der Waals surface area contributed by atoms with Gasteiger partial charge < -0.3 is 27.7 Å². The lowest BCUT2D eigenvalue weighted by atomic mass is 10.2. The minimum atomic E-state index is -2.04. The molecular weight excluding hydrogens is 624 g/mol. The number of aryl methyl sites for hydroxylation is 4. The van der Waals surface area contributed by atoms with Crippen molar-refractivity contribution in [3.63, 3.8) is 0 Å². The van der Waals surface area contributed by atoms with E-state index in [4.69, 9.17) is 27.7 Å². The molecule has 0 saturated carbocycles. The molecule has 1 atom stereocenters. The molecule has 0 amide bonds. The smallest absolute Gasteiger partial charge is 0.508 e. The molecule has 1 N–H and O–H groups in total. The third kappa shape index (κ3) is 10.2. The third-order valence-corrected chi connectivity index (χ3v) is 8.22. The van der Waals surface area contributed by atoms with Crippen molar-refractivity contribution < 1.29 is 32.6 Å². The van der Waals surface area contributed by atoms with Gasteiger partial charge in [-0.05, 0) is 80.3 Å². The molecular formula is C35H35NO8P2. The van der Waals surface area contributed by atoms with Gasteiger partial charge in [-0.2, -0.15) is 0 Å². The van der Waals surface area contributed by atoms with Crippen molar-refractivity contribution in [1.29, 1.82) is 0 Å². The first-order valence-corrected chi connectivity index (χ1v) is 16.2. The summed E-state index contributed by atoms with van der Waals surface area (Å²) in [5, 5.41) is 20.4. The molecule has 0 aliphatic heterocycles. The summed E-state index contributed by atoms with van der Waals surface area (Å²) in [6, 6.07) is 34.2. The van der Waals surface area contributed by atoms with Crippen LogP contribution < -0.4 is 18.1 Å². The largest absolute Gasteiger partial charge is 0.530 e. The van der Waals surface area contributed by atoms with Crippen molar-refractivity contribution in [3.05, 3.63) is 153 Å². The lowest BCUT2D eigenvalue weighted by Crippen LogP contribution is -2.06. The zero-order valence-electron chi connectivity index (χ0n) is 25.9. The van der Waals surface area contributed by atoms with Crippen LogP contribution in [0.15, 0.2) is 115 Å². The Morgan fingerprint density at radius 1 is 0.652 bits per heavy atom. The maximum Gasteiger partial charge on any atom is 0.530 e. The van der Waals surface area contributed by atoms with Crippen LogP contribution in [0.1, 0.15) is 27.8 Å². The van der Waals surface area contributed by atoms with E-state index in [1.165, 1.54) is 12.1 Å². The van der Waals surface area contributed by atoms with Crippen LogP contribution in [0.5, 0.6) is 28.7 Å². The number of phenols is 1. The highest BCUT2D eigenvalue weighted by Gasteiger charge is 2.24. The van der Waals surface area contributed by atoms with Crippen LogP contribution in [0.25, 0.3) is 0 Å². The highest BCUT2D eigenvalue weighted by Crippen LogP contribution is 2.45. The van der Waals surface area contributed by atoms with E-state index in [1.807, 2.05) is 119 Å². The quantitative estimate of drug-likeness (QED) is 0.0610. The summed E-state index contributed by atoms with van der Waals surface area (Å²) in [6.45, 7) is 7.76. The second-order valence-corrected chi connectivity index (χ2v) is 11.8. The van der Waals surface area contributed by atoms with Crippen LogP contribution in [0.4, 0.5) is 5.69 Å². The van der Waals surface area contributed by atoms with E-state index < -0.39 is 13.5 Å². The number of rotatable bonds is 12. The van der Waals surface area contributed by atoms with Crippen LogP contribution >= 0.6 is 17.6 Å². The van der Waals surface area contributed by atoms with Gasteiger partial charge >= 0.3 is 8.60 Å². The van der Waals surface area contributed by atoms with Gasteiger partial charge in [0.25, 0.3) is 5.69 Å². The fourth-order valence-electron chi connectivity index (χ4n) is 3.89. The molecule has 0 spiro atoms. The molecule has 0 aliphatic rings. The van der Waals surface area contributed by atoms with E-state index >= 15 is 0 Å². The summed E-state index contributed by atoms with van der Waals surface area (Å²) < 4.78 is 30.0. The van der Waals surface area contributed by atoms with Crippen molar-refractivity contribution in [2.45, 2.75) is 34.3 Å². The van der Waals surface area contributed by atoms with Crippen molar-refractivity contribution in [2.75, 3.05) is 0 Å². The molecule has 238 valence electrons. The summed E-state index contributed by atoms with van der Waals surface area (Å²) in [5.74, 6) is 2.50. The molecule has 0 saturated heterocycles. The zero-order valence-corrected chi connectivity index (χ0v) is 27.8. The maximum absolute atomic E-state index is 11.5. The molecule has 1 unspecified atom stereocenters. The van der Waals surface area contributed by atoms with Gasteiger partial charge in [0.1, 0.15) is 28.7 Å². The average Bonchev–Trinajstić information content (AvgIpc) is 3.04. The first kappa shape index (κ1) is 34.2. The van der Waals surface area contributed by atoms with Gasteiger partial charge in [0.05, 0.1) is 17.6 Å². The number of phenolic OH excluding ortho intramolecular Hbond substituents is 1. The van der Waals surface area contributed by atoms with E-state index in [0.717, 1.165) is 28.0 Å². The summed E-state index contributed by atoms with van der Waals surface area (Å²) >= 11 is 0. The van der Waals surface area contributed by atoms with Gasteiger partial charge in [-0.15, -0.1) is 0 Å². The van der Waals surface area contributed by atoms with Gasteiger partial charge in [0.15, 0.2) is 0 Å². The molecule has 46 heavy (non-hydrogen) atoms. The number of nitro benzene ring substituents is 1. The minimum absolute atomic E-state index is 0.107. The molecule has 0 heterocycles. The Morgan fingerprint density at radius 2 is 1.13 bits per heavy atom. The van der Waals surface area contributed by atoms with E-state index in [-0.39, 0.29) is 27.1 Å². The first-order valence-electron chi connectivity index (χ1n) is 14.3. The SMILES string of the molecule is Cc1ccccc1O.Cc1ccccc1OPOCc1ccc([N+](=O)[O-])cc1OP(Oc1ccccc1C)Oc1ccccc1C. The number of hydrogen-bond acceptors (Lipinski definition) is 8. The monoisotopic (exact) mass is 659 g/mol. The van der Waals surface area contributed by atoms with Crippen LogP contribution in [-0.2, 0) is 11.1 Å². The van der Waals surface area contributed by atoms with Gasteiger partial charge in [0.2, 0.25) is 9.03 Å². The fourth-order valence-corrected chi connectivity index (χ4v) is 5.66. The predicted molar refractivity (Wildman–Crippen MR) is 182 cm³/mol. The van der Waals surface area contributed by atoms with Crippen LogP contribution in [0.3, 0.4) is 0 Å². The van der Waals surface area contributed by atoms with Crippen LogP contribution in [0, 0.1) is 37.8 Å². The number of non-ortho nitro benzene ring substituents is 1. The van der Waals surface area contributed by atoms with Gasteiger partial charge in [-0.25, -0.2) is 0 Å². The Balaban J connectivity index is 0.000000523. The van der Waals surface area contributed by atoms with Crippen LogP contribution in [0.2, 0.25) is 0 Å². The Hall–Kier alpha value is -4.68. The molecule has 5 aromatic carbocycles. The number of para-hydroxylation sites is 4. The molecule has 11 heteroatoms. The first-order chi connectivity index (χ1) is 22.2. The highest BCUT2D eigenvalue weighted by molar-refractivity contribution is 7.43. The standard InChI is InChI=1S/C28H27NO7P2.C7H8O/c1-20-10-4-7-13-25(20)33-37-32-19-23-16-17-24(29(30)31)18-28(23)36-38(34-26-14-8-5-11-21(26)2)35-27-15-9-6-12-22(27)3;1-6-4-2-3-5-7(6)8/h4-18,37H,19H2,1-3H3;2-5,8H,1H3. The average molecular weight is 660 g/mol. The topological polar surface area (TPSA) is 110 Å². The lowest BCUT2D eigenvalue weighted by molar-refractivity contribution is -0.384. The Bertz CT molecular complexity index is 1680. The molecule has 0 fully saturated rings. The number of nitro groups is 1. The number of nitrogens with zero attached hydrogens (tertiary/aromatic N) is 1. The number of aromatic hydroxyl groups is 1. The van der Waals surface area contributed by atoms with Crippen molar-refractivity contribution >= 4 is 23.3 Å². The van der Waals surface area contributed by atoms with E-state index in [1.54, 1.807) is 12.1 Å². The summed E-state index contributed by atoms with van der Waals surface area (Å²) in [5.41, 5.74) is 4.18. The molecule has 5 rings (SSSR count). The fraction of sp³-hybridized carbons (Fsp3) is 0.143. The predicted octanol–water partition coefficient (Wildman–Crippen LogP) is 10.1. The summed E-state index contributed by atoms with van der Waals surface area (Å²) in [4.78, 5) is 11.0. The Kier molecular flexibility index (Phi) is 12.7. The molecule has 5 aromatic rings. The lowest BCUT2D eigenvalue weighted by Gasteiger charge is -2.21. The maximum atomic E-state index is 11.5. The molecule has 0 aliphatic carbocycles. The molecule has 0 radical (unpaired) electrons. The highest BCUT2D eigenvalue weighted by atomic mass is 31.2. The van der Waals surface area contributed by atoms with Gasteiger partial charge in [-0.3, -0.25) is 10.1 Å². The van der Waals surface area contributed by atoms with Crippen molar-refractivity contribution in [1.82, 2.24) is 0 Å². The summed E-state index contributed by atoms with van der Waals surface area (Å²) in [7, 11) is -2.31. The normalized spacial score (nSPS) is 10.7. The summed E-state index contributed by atoms with van der Waals surface area (Å²) in [6.07, 6.45) is 0. The van der Waals surface area contributed by atoms with Crippen molar-refractivity contribution in [3.8, 4) is 28.7 Å². The van der Waals surface area contributed by atoms with Crippen LogP contribution in [-0.4, -0.2) is 10.0 Å². The second kappa shape index (κ2) is 17.1. The third-order valence-electron chi connectivity index (χ3n) is 6.61. The number of hydrogen-bond donors (Lipinski definition) is 1. The van der Waals surface area contributed by atoms with Gasteiger partial charge in [-0.1, -0.05) is 72.8 Å². The van der Waals surface area contributed by atoms with Gasteiger partial charge in [0, 0.05) is 11.6 Å². The van der Waals surface area contributed by atoms with E-state index in [9.17, 15) is 10.1 Å². The minimum Gasteiger partial charge on any atom is -0.508 e. The van der Waals surface area contributed by atoms with E-state index in [2.05, 4.69) is 0 Å². The number of benzene rings is 5. The Morgan fingerprint density at radius 3 is 1.61 bits per heavy atom. The zero-order chi connectivity index (χ0) is 32.9.